The third-order valence-corrected chi connectivity index (χ3v) is 3.38. The summed E-state index contributed by atoms with van der Waals surface area (Å²) in [5, 5.41) is 3.45. The molecule has 1 heterocycles. The lowest BCUT2D eigenvalue weighted by molar-refractivity contribution is -0.139. The first kappa shape index (κ1) is 10.9. The van der Waals surface area contributed by atoms with E-state index < -0.39 is 0 Å². The molecule has 2 fully saturated rings. The van der Waals surface area contributed by atoms with E-state index in [-0.39, 0.29) is 5.41 Å². The second-order valence-electron chi connectivity index (χ2n) is 5.54. The zero-order valence-electron chi connectivity index (χ0n) is 9.88. The van der Waals surface area contributed by atoms with E-state index >= 15 is 0 Å². The summed E-state index contributed by atoms with van der Waals surface area (Å²) in [6, 6.07) is 0.690. The number of nitrogens with zero attached hydrogens (tertiary/aromatic N) is 1. The normalized spacial score (nSPS) is 22.1. The van der Waals surface area contributed by atoms with Gasteiger partial charge in [0.1, 0.15) is 0 Å². The first-order valence-corrected chi connectivity index (χ1v) is 6.12. The van der Waals surface area contributed by atoms with Crippen molar-refractivity contribution in [2.24, 2.45) is 5.41 Å². The first-order valence-electron chi connectivity index (χ1n) is 6.12. The van der Waals surface area contributed by atoms with E-state index in [1.54, 1.807) is 0 Å². The predicted molar refractivity (Wildman–Crippen MR) is 60.6 cm³/mol. The Balaban J connectivity index is 1.84. The largest absolute Gasteiger partial charge is 0.342 e. The molecule has 3 heteroatoms. The van der Waals surface area contributed by atoms with Gasteiger partial charge in [0.05, 0.1) is 5.41 Å². The van der Waals surface area contributed by atoms with Gasteiger partial charge in [0.15, 0.2) is 0 Å². The highest BCUT2D eigenvalue weighted by atomic mass is 16.2. The molecule has 1 saturated carbocycles. The fraction of sp³-hybridized carbons (Fsp3) is 0.917. The molecule has 1 amide bonds. The van der Waals surface area contributed by atoms with Crippen LogP contribution >= 0.6 is 0 Å². The molecule has 3 nitrogen and oxygen atoms in total. The average Bonchev–Trinajstić information content (AvgIpc) is 2.88. The summed E-state index contributed by atoms with van der Waals surface area (Å²) < 4.78 is 0. The van der Waals surface area contributed by atoms with Crippen LogP contribution in [0.25, 0.3) is 0 Å². The molecule has 0 bridgehead atoms. The molecular weight excluding hydrogens is 188 g/mol. The van der Waals surface area contributed by atoms with Crippen molar-refractivity contribution in [2.75, 3.05) is 19.6 Å². The third kappa shape index (κ3) is 2.71. The van der Waals surface area contributed by atoms with Crippen molar-refractivity contribution < 1.29 is 4.79 Å². The molecule has 1 N–H and O–H groups in total. The lowest BCUT2D eigenvalue weighted by Crippen LogP contribution is -2.45. The summed E-state index contributed by atoms with van der Waals surface area (Å²) in [6.07, 6.45) is 4.93. The molecular formula is C12H22N2O. The second-order valence-corrected chi connectivity index (χ2v) is 5.54. The Labute approximate surface area is 92.2 Å². The maximum Gasteiger partial charge on any atom is 0.229 e. The Kier molecular flexibility index (Phi) is 3.01. The topological polar surface area (TPSA) is 32.3 Å². The number of carbonyl (C=O) groups is 1. The summed E-state index contributed by atoms with van der Waals surface area (Å²) in [5.74, 6) is 0.327. The molecule has 0 aromatic rings. The molecule has 1 aliphatic heterocycles. The maximum absolute atomic E-state index is 12.2. The van der Waals surface area contributed by atoms with Crippen LogP contribution in [0.15, 0.2) is 0 Å². The van der Waals surface area contributed by atoms with E-state index in [4.69, 9.17) is 0 Å². The molecule has 15 heavy (non-hydrogen) atoms. The van der Waals surface area contributed by atoms with Crippen molar-refractivity contribution in [1.29, 1.82) is 0 Å². The van der Waals surface area contributed by atoms with Crippen LogP contribution in [0.3, 0.4) is 0 Å². The van der Waals surface area contributed by atoms with Crippen LogP contribution in [-0.2, 0) is 4.79 Å². The minimum absolute atomic E-state index is 0.229. The van der Waals surface area contributed by atoms with Gasteiger partial charge in [-0.25, -0.2) is 0 Å². The summed E-state index contributed by atoms with van der Waals surface area (Å²) in [4.78, 5) is 14.2. The second kappa shape index (κ2) is 4.12. The Morgan fingerprint density at radius 3 is 2.47 bits per heavy atom. The van der Waals surface area contributed by atoms with Gasteiger partial charge in [-0.05, 0) is 39.5 Å². The van der Waals surface area contributed by atoms with E-state index in [9.17, 15) is 4.79 Å². The van der Waals surface area contributed by atoms with Crippen LogP contribution in [0.5, 0.6) is 0 Å². The van der Waals surface area contributed by atoms with Gasteiger partial charge in [0.25, 0.3) is 0 Å². The molecule has 0 radical (unpaired) electrons. The molecule has 1 saturated heterocycles. The number of nitrogens with one attached hydrogen (secondary N) is 1. The number of carbonyl (C=O) groups excluding carboxylic acids is 1. The Hall–Kier alpha value is -0.570. The molecule has 0 spiro atoms. The lowest BCUT2D eigenvalue weighted by atomic mass is 9.91. The third-order valence-electron chi connectivity index (χ3n) is 3.38. The number of rotatable bonds is 4. The Morgan fingerprint density at radius 2 is 1.93 bits per heavy atom. The minimum atomic E-state index is -0.229. The van der Waals surface area contributed by atoms with Gasteiger partial charge in [0, 0.05) is 25.7 Å². The van der Waals surface area contributed by atoms with Gasteiger partial charge in [-0.3, -0.25) is 4.79 Å². The number of hydrogen-bond donors (Lipinski definition) is 1. The molecule has 0 unspecified atom stereocenters. The molecule has 0 aromatic carbocycles. The van der Waals surface area contributed by atoms with Crippen molar-refractivity contribution in [1.82, 2.24) is 10.2 Å². The zero-order valence-corrected chi connectivity index (χ0v) is 9.88. The van der Waals surface area contributed by atoms with Gasteiger partial charge in [-0.2, -0.15) is 0 Å². The van der Waals surface area contributed by atoms with Gasteiger partial charge < -0.3 is 10.2 Å². The smallest absolute Gasteiger partial charge is 0.229 e. The molecule has 0 atom stereocenters. The van der Waals surface area contributed by atoms with Crippen molar-refractivity contribution in [2.45, 2.75) is 45.6 Å². The molecule has 1 aliphatic carbocycles. The van der Waals surface area contributed by atoms with Crippen LogP contribution in [0, 0.1) is 5.41 Å². The fourth-order valence-corrected chi connectivity index (χ4v) is 2.11. The van der Waals surface area contributed by atoms with Crippen molar-refractivity contribution in [3.05, 3.63) is 0 Å². The van der Waals surface area contributed by atoms with E-state index in [0.717, 1.165) is 19.6 Å². The first-order chi connectivity index (χ1) is 7.09. The van der Waals surface area contributed by atoms with Crippen LogP contribution in [-0.4, -0.2) is 36.5 Å². The van der Waals surface area contributed by atoms with Crippen LogP contribution in [0.2, 0.25) is 0 Å². The Bertz CT molecular complexity index is 240. The molecule has 2 rings (SSSR count). The highest BCUT2D eigenvalue weighted by Crippen LogP contribution is 2.24. The highest BCUT2D eigenvalue weighted by molar-refractivity contribution is 5.82. The van der Waals surface area contributed by atoms with Crippen molar-refractivity contribution >= 4 is 5.91 Å². The fourth-order valence-electron chi connectivity index (χ4n) is 2.11. The molecule has 86 valence electrons. The maximum atomic E-state index is 12.2. The van der Waals surface area contributed by atoms with E-state index in [0.29, 0.717) is 11.9 Å². The standard InChI is InChI=1S/C12H22N2O/c1-12(2,9-13-10-5-6-10)11(15)14-7-3-4-8-14/h10,13H,3-9H2,1-2H3. The zero-order chi connectivity index (χ0) is 10.9. The van der Waals surface area contributed by atoms with Crippen LogP contribution in [0.1, 0.15) is 39.5 Å². The Morgan fingerprint density at radius 1 is 1.33 bits per heavy atom. The number of hydrogen-bond acceptors (Lipinski definition) is 2. The van der Waals surface area contributed by atoms with Crippen LogP contribution < -0.4 is 5.32 Å². The SMILES string of the molecule is CC(C)(CNC1CC1)C(=O)N1CCCC1. The van der Waals surface area contributed by atoms with E-state index in [1.165, 1.54) is 25.7 Å². The average molecular weight is 210 g/mol. The van der Waals surface area contributed by atoms with Gasteiger partial charge >= 0.3 is 0 Å². The van der Waals surface area contributed by atoms with E-state index in [1.807, 2.05) is 4.90 Å². The van der Waals surface area contributed by atoms with Crippen molar-refractivity contribution in [3.8, 4) is 0 Å². The summed E-state index contributed by atoms with van der Waals surface area (Å²) >= 11 is 0. The lowest BCUT2D eigenvalue weighted by Gasteiger charge is -2.29. The van der Waals surface area contributed by atoms with E-state index in [2.05, 4.69) is 19.2 Å². The summed E-state index contributed by atoms with van der Waals surface area (Å²) in [5.41, 5.74) is -0.229. The summed E-state index contributed by atoms with van der Waals surface area (Å²) in [6.45, 7) is 6.87. The van der Waals surface area contributed by atoms with Crippen molar-refractivity contribution in [3.63, 3.8) is 0 Å². The quantitative estimate of drug-likeness (QED) is 0.760. The molecule has 2 aliphatic rings. The predicted octanol–water partition coefficient (Wildman–Crippen LogP) is 1.39. The van der Waals surface area contributed by atoms with Crippen LogP contribution in [0.4, 0.5) is 0 Å². The number of likely N-dealkylation sites (tertiary alicyclic amines) is 1. The monoisotopic (exact) mass is 210 g/mol. The minimum Gasteiger partial charge on any atom is -0.342 e. The summed E-state index contributed by atoms with van der Waals surface area (Å²) in [7, 11) is 0. The van der Waals surface area contributed by atoms with Gasteiger partial charge in [-0.1, -0.05) is 0 Å². The highest BCUT2D eigenvalue weighted by Gasteiger charge is 2.34. The van der Waals surface area contributed by atoms with Gasteiger partial charge in [0.2, 0.25) is 5.91 Å². The number of amides is 1. The molecule has 0 aromatic heterocycles. The van der Waals surface area contributed by atoms with Gasteiger partial charge in [-0.15, -0.1) is 0 Å².